The van der Waals surface area contributed by atoms with E-state index in [-0.39, 0.29) is 16.2 Å². The zero-order valence-corrected chi connectivity index (χ0v) is 17.5. The minimum atomic E-state index is -3.64. The molecule has 0 aromatic carbocycles. The van der Waals surface area contributed by atoms with Gasteiger partial charge in [-0.05, 0) is 46.5 Å². The molecule has 28 heavy (non-hydrogen) atoms. The lowest BCUT2D eigenvalue weighted by Crippen LogP contribution is -2.36. The van der Waals surface area contributed by atoms with Gasteiger partial charge in [-0.2, -0.15) is 4.31 Å². The minimum absolute atomic E-state index is 0.183. The van der Waals surface area contributed by atoms with Crippen LogP contribution in [0.15, 0.2) is 15.7 Å². The molecule has 0 bridgehead atoms. The molecular weight excluding hydrogens is 380 g/mol. The van der Waals surface area contributed by atoms with Crippen LogP contribution in [0.25, 0.3) is 0 Å². The highest BCUT2D eigenvalue weighted by atomic mass is 32.2. The van der Waals surface area contributed by atoms with Crippen LogP contribution >= 0.6 is 0 Å². The second-order valence-corrected chi connectivity index (χ2v) is 9.96. The van der Waals surface area contributed by atoms with Crippen LogP contribution in [-0.2, 0) is 10.0 Å². The molecule has 2 fully saturated rings. The zero-order chi connectivity index (χ0) is 20.1. The molecule has 2 atom stereocenters. The van der Waals surface area contributed by atoms with Gasteiger partial charge in [0.1, 0.15) is 16.9 Å². The average molecular weight is 407 g/mol. The number of rotatable bonds is 5. The van der Waals surface area contributed by atoms with Crippen LogP contribution in [0.5, 0.6) is 5.88 Å². The summed E-state index contributed by atoms with van der Waals surface area (Å²) in [6.07, 6.45) is 4.56. The number of ether oxygens (including phenoxy) is 1. The zero-order valence-electron chi connectivity index (χ0n) is 16.7. The molecule has 1 saturated carbocycles. The van der Waals surface area contributed by atoms with Crippen molar-refractivity contribution in [3.63, 3.8) is 0 Å². The Morgan fingerprint density at radius 2 is 2.04 bits per heavy atom. The van der Waals surface area contributed by atoms with Crippen LogP contribution in [-0.4, -0.2) is 47.5 Å². The van der Waals surface area contributed by atoms with E-state index in [1.54, 1.807) is 18.2 Å². The highest BCUT2D eigenvalue weighted by molar-refractivity contribution is 7.89. The molecule has 0 radical (unpaired) electrons. The first-order valence-electron chi connectivity index (χ1n) is 9.59. The van der Waals surface area contributed by atoms with Crippen LogP contribution in [0.2, 0.25) is 0 Å². The molecule has 8 nitrogen and oxygen atoms in total. The normalized spacial score (nSPS) is 25.2. The smallest absolute Gasteiger partial charge is 0.248 e. The SMILES string of the molecule is Cc1ncnc(OCC23CCCC2CN(S(=O)(=O)c2c(C)noc2C)C3)c1C. The Labute approximate surface area is 165 Å². The van der Waals surface area contributed by atoms with Crippen molar-refractivity contribution >= 4 is 10.0 Å². The Morgan fingerprint density at radius 1 is 1.25 bits per heavy atom. The van der Waals surface area contributed by atoms with Crippen molar-refractivity contribution in [2.45, 2.75) is 51.9 Å². The molecule has 9 heteroatoms. The number of fused-ring (bicyclic) bond motifs is 1. The molecule has 1 aliphatic carbocycles. The van der Waals surface area contributed by atoms with E-state index in [0.29, 0.717) is 37.0 Å². The number of aromatic nitrogens is 3. The first-order valence-corrected chi connectivity index (χ1v) is 11.0. The molecule has 1 aliphatic heterocycles. The Kier molecular flexibility index (Phi) is 4.70. The van der Waals surface area contributed by atoms with E-state index < -0.39 is 10.0 Å². The first kappa shape index (κ1) is 19.3. The predicted molar refractivity (Wildman–Crippen MR) is 102 cm³/mol. The van der Waals surface area contributed by atoms with Crippen molar-refractivity contribution in [2.24, 2.45) is 11.3 Å². The van der Waals surface area contributed by atoms with Crippen LogP contribution in [0, 0.1) is 39.0 Å². The summed E-state index contributed by atoms with van der Waals surface area (Å²) in [5, 5.41) is 3.82. The van der Waals surface area contributed by atoms with Gasteiger partial charge in [0, 0.05) is 29.8 Å². The van der Waals surface area contributed by atoms with Gasteiger partial charge in [0.05, 0.1) is 6.61 Å². The van der Waals surface area contributed by atoms with Crippen molar-refractivity contribution < 1.29 is 17.7 Å². The predicted octanol–water partition coefficient (Wildman–Crippen LogP) is 2.57. The van der Waals surface area contributed by atoms with E-state index in [4.69, 9.17) is 9.26 Å². The number of hydrogen-bond acceptors (Lipinski definition) is 7. The lowest BCUT2D eigenvalue weighted by Gasteiger charge is -2.28. The maximum atomic E-state index is 13.2. The van der Waals surface area contributed by atoms with Gasteiger partial charge in [0.15, 0.2) is 5.76 Å². The van der Waals surface area contributed by atoms with Gasteiger partial charge in [0.2, 0.25) is 15.9 Å². The van der Waals surface area contributed by atoms with E-state index in [1.807, 2.05) is 13.8 Å². The third-order valence-corrected chi connectivity index (χ3v) is 8.42. The van der Waals surface area contributed by atoms with Gasteiger partial charge in [-0.1, -0.05) is 11.6 Å². The third-order valence-electron chi connectivity index (χ3n) is 6.36. The largest absolute Gasteiger partial charge is 0.477 e. The fourth-order valence-corrected chi connectivity index (χ4v) is 6.50. The van der Waals surface area contributed by atoms with Crippen LogP contribution in [0.4, 0.5) is 0 Å². The van der Waals surface area contributed by atoms with E-state index >= 15 is 0 Å². The minimum Gasteiger partial charge on any atom is -0.477 e. The van der Waals surface area contributed by atoms with Gasteiger partial charge in [0.25, 0.3) is 0 Å². The molecule has 2 aliphatic rings. The summed E-state index contributed by atoms with van der Waals surface area (Å²) >= 11 is 0. The van der Waals surface area contributed by atoms with Crippen molar-refractivity contribution in [3.05, 3.63) is 29.0 Å². The molecule has 3 heterocycles. The second kappa shape index (κ2) is 6.81. The van der Waals surface area contributed by atoms with Crippen molar-refractivity contribution in [2.75, 3.05) is 19.7 Å². The Balaban J connectivity index is 1.58. The molecule has 0 spiro atoms. The summed E-state index contributed by atoms with van der Waals surface area (Å²) in [6.45, 7) is 8.60. The molecule has 0 amide bonds. The molecule has 2 aromatic heterocycles. The molecule has 4 rings (SSSR count). The number of sulfonamides is 1. The maximum Gasteiger partial charge on any atom is 0.248 e. The molecule has 2 unspecified atom stereocenters. The third kappa shape index (κ3) is 3.00. The van der Waals surface area contributed by atoms with Gasteiger partial charge in [-0.3, -0.25) is 0 Å². The van der Waals surface area contributed by atoms with Gasteiger partial charge in [-0.25, -0.2) is 18.4 Å². The Morgan fingerprint density at radius 3 is 2.75 bits per heavy atom. The molecule has 1 saturated heterocycles. The number of hydrogen-bond donors (Lipinski definition) is 0. The fourth-order valence-electron chi connectivity index (χ4n) is 4.63. The fraction of sp³-hybridized carbons (Fsp3) is 0.632. The molecule has 0 N–H and O–H groups in total. The number of nitrogens with zero attached hydrogens (tertiary/aromatic N) is 4. The van der Waals surface area contributed by atoms with Crippen molar-refractivity contribution in [1.29, 1.82) is 0 Å². The quantitative estimate of drug-likeness (QED) is 0.752. The number of aryl methyl sites for hydroxylation is 3. The molecule has 2 aromatic rings. The van der Waals surface area contributed by atoms with Gasteiger partial charge in [-0.15, -0.1) is 0 Å². The summed E-state index contributed by atoms with van der Waals surface area (Å²) in [5.74, 6) is 1.21. The second-order valence-electron chi connectivity index (χ2n) is 8.08. The van der Waals surface area contributed by atoms with Gasteiger partial charge < -0.3 is 9.26 Å². The van der Waals surface area contributed by atoms with E-state index in [2.05, 4.69) is 15.1 Å². The topological polar surface area (TPSA) is 98.4 Å². The lowest BCUT2D eigenvalue weighted by molar-refractivity contribution is 0.129. The van der Waals surface area contributed by atoms with Crippen LogP contribution < -0.4 is 4.74 Å². The summed E-state index contributed by atoms with van der Waals surface area (Å²) < 4.78 is 39.3. The van der Waals surface area contributed by atoms with Crippen LogP contribution in [0.1, 0.15) is 42.0 Å². The van der Waals surface area contributed by atoms with E-state index in [0.717, 1.165) is 30.5 Å². The maximum absolute atomic E-state index is 13.2. The van der Waals surface area contributed by atoms with Crippen molar-refractivity contribution in [1.82, 2.24) is 19.4 Å². The highest BCUT2D eigenvalue weighted by Crippen LogP contribution is 2.50. The Hall–Kier alpha value is -2.00. The van der Waals surface area contributed by atoms with Crippen LogP contribution in [0.3, 0.4) is 0 Å². The van der Waals surface area contributed by atoms with Gasteiger partial charge >= 0.3 is 0 Å². The van der Waals surface area contributed by atoms with E-state index in [9.17, 15) is 8.42 Å². The standard InChI is InChI=1S/C19H26N4O4S/c1-12-13(2)20-11-21-18(12)26-10-19-7-5-6-16(19)8-23(9-19)28(24,25)17-14(3)22-27-15(17)4/h11,16H,5-10H2,1-4H3. The molecule has 152 valence electrons. The van der Waals surface area contributed by atoms with E-state index in [1.165, 1.54) is 6.33 Å². The Bertz CT molecular complexity index is 984. The first-order chi connectivity index (χ1) is 13.2. The summed E-state index contributed by atoms with van der Waals surface area (Å²) in [4.78, 5) is 8.64. The molecular formula is C19H26N4O4S. The summed E-state index contributed by atoms with van der Waals surface area (Å²) in [6, 6.07) is 0. The monoisotopic (exact) mass is 406 g/mol. The lowest BCUT2D eigenvalue weighted by atomic mass is 9.82. The summed E-state index contributed by atoms with van der Waals surface area (Å²) in [7, 11) is -3.64. The average Bonchev–Trinajstić information content (AvgIpc) is 3.29. The summed E-state index contributed by atoms with van der Waals surface area (Å²) in [5.41, 5.74) is 2.04. The van der Waals surface area contributed by atoms with Crippen molar-refractivity contribution in [3.8, 4) is 5.88 Å². The highest BCUT2D eigenvalue weighted by Gasteiger charge is 2.53.